The number of nitrogens with zero attached hydrogens (tertiary/aromatic N) is 4. The first-order chi connectivity index (χ1) is 28.2. The molecule has 0 bridgehead atoms. The van der Waals surface area contributed by atoms with Gasteiger partial charge >= 0.3 is 0 Å². The van der Waals surface area contributed by atoms with Gasteiger partial charge in [-0.2, -0.15) is 0 Å². The summed E-state index contributed by atoms with van der Waals surface area (Å²) in [7, 11) is 0. The van der Waals surface area contributed by atoms with Gasteiger partial charge in [0.25, 0.3) is 0 Å². The summed E-state index contributed by atoms with van der Waals surface area (Å²) in [5, 5.41) is 2.57. The van der Waals surface area contributed by atoms with Crippen LogP contribution < -0.4 is 0 Å². The molecule has 0 saturated heterocycles. The summed E-state index contributed by atoms with van der Waals surface area (Å²) in [5.74, 6) is 2.03. The third-order valence-electron chi connectivity index (χ3n) is 11.9. The summed E-state index contributed by atoms with van der Waals surface area (Å²) < 4.78 is 2.41. The normalized spacial score (nSPS) is 12.4. The molecule has 0 saturated carbocycles. The van der Waals surface area contributed by atoms with Crippen molar-refractivity contribution < 1.29 is 0 Å². The molecule has 2 aromatic heterocycles. The summed E-state index contributed by atoms with van der Waals surface area (Å²) in [6, 6.07) is 65.4. The van der Waals surface area contributed by atoms with Crippen molar-refractivity contribution >= 4 is 21.8 Å². The minimum atomic E-state index is 0.672. The lowest BCUT2D eigenvalue weighted by atomic mass is 9.94. The van der Waals surface area contributed by atoms with Gasteiger partial charge in [-0.05, 0) is 98.8 Å². The largest absolute Gasteiger partial charge is 0.309 e. The standard InChI is InChI=1S/C53H34N4/c1-3-12-33(13-4-1)51-54-52(34-14-5-2-6-15-34)56-53(55-51)46-19-11-16-38-29-37-23-22-36(32-47(37)50(38)46)35-24-26-42-39(28-35)30-40-31-41(25-27-43(40)42)57-48-20-9-7-17-44(48)45-18-8-10-21-49(45)57/h1-28,31-32H,29-30H2. The number of para-hydroxylation sites is 2. The van der Waals surface area contributed by atoms with Crippen molar-refractivity contribution in [2.24, 2.45) is 0 Å². The van der Waals surface area contributed by atoms with Gasteiger partial charge in [0, 0.05) is 33.2 Å². The van der Waals surface area contributed by atoms with Crippen molar-refractivity contribution in [1.82, 2.24) is 19.5 Å². The second kappa shape index (κ2) is 12.6. The van der Waals surface area contributed by atoms with Crippen LogP contribution in [0, 0.1) is 0 Å². The van der Waals surface area contributed by atoms with Crippen molar-refractivity contribution in [3.8, 4) is 73.2 Å². The van der Waals surface area contributed by atoms with Crippen LogP contribution in [0.25, 0.3) is 95.0 Å². The van der Waals surface area contributed by atoms with E-state index >= 15 is 0 Å². The first kappa shape index (κ1) is 31.9. The highest BCUT2D eigenvalue weighted by molar-refractivity contribution is 6.09. The lowest BCUT2D eigenvalue weighted by Gasteiger charge is -2.13. The maximum absolute atomic E-state index is 5.12. The van der Waals surface area contributed by atoms with E-state index in [1.54, 1.807) is 0 Å². The molecule has 2 aliphatic rings. The number of hydrogen-bond acceptors (Lipinski definition) is 3. The maximum atomic E-state index is 5.12. The molecule has 10 aromatic rings. The van der Waals surface area contributed by atoms with Gasteiger partial charge in [-0.15, -0.1) is 0 Å². The molecular formula is C53H34N4. The number of benzene rings is 8. The van der Waals surface area contributed by atoms with Crippen LogP contribution in [0.15, 0.2) is 182 Å². The van der Waals surface area contributed by atoms with Gasteiger partial charge in [-0.1, -0.05) is 152 Å². The third-order valence-corrected chi connectivity index (χ3v) is 11.9. The molecule has 0 atom stereocenters. The minimum Gasteiger partial charge on any atom is -0.309 e. The van der Waals surface area contributed by atoms with E-state index in [9.17, 15) is 0 Å². The lowest BCUT2D eigenvalue weighted by Crippen LogP contribution is -2.01. The summed E-state index contributed by atoms with van der Waals surface area (Å²) >= 11 is 0. The average molecular weight is 727 g/mol. The van der Waals surface area contributed by atoms with Crippen molar-refractivity contribution in [2.45, 2.75) is 12.8 Å². The quantitative estimate of drug-likeness (QED) is 0.177. The predicted molar refractivity (Wildman–Crippen MR) is 232 cm³/mol. The zero-order valence-electron chi connectivity index (χ0n) is 31.0. The Morgan fingerprint density at radius 1 is 0.333 bits per heavy atom. The van der Waals surface area contributed by atoms with E-state index in [0.717, 1.165) is 29.5 Å². The maximum Gasteiger partial charge on any atom is 0.164 e. The highest BCUT2D eigenvalue weighted by Crippen LogP contribution is 2.46. The van der Waals surface area contributed by atoms with E-state index in [1.807, 2.05) is 36.4 Å². The molecule has 0 unspecified atom stereocenters. The molecular weight excluding hydrogens is 693 g/mol. The van der Waals surface area contributed by atoms with Gasteiger partial charge in [0.1, 0.15) is 0 Å². The van der Waals surface area contributed by atoms with Gasteiger partial charge in [0.05, 0.1) is 11.0 Å². The van der Waals surface area contributed by atoms with Crippen LogP contribution >= 0.6 is 0 Å². The summed E-state index contributed by atoms with van der Waals surface area (Å²) in [6.45, 7) is 0. The molecule has 2 aliphatic carbocycles. The zero-order chi connectivity index (χ0) is 37.5. The molecule has 57 heavy (non-hydrogen) atoms. The second-order valence-corrected chi connectivity index (χ2v) is 15.2. The van der Waals surface area contributed by atoms with E-state index in [2.05, 4.69) is 150 Å². The summed E-state index contributed by atoms with van der Waals surface area (Å²) in [5.41, 5.74) is 19.6. The van der Waals surface area contributed by atoms with Crippen LogP contribution in [0.4, 0.5) is 0 Å². The van der Waals surface area contributed by atoms with Gasteiger partial charge in [0.15, 0.2) is 17.5 Å². The molecule has 8 aromatic carbocycles. The smallest absolute Gasteiger partial charge is 0.164 e. The second-order valence-electron chi connectivity index (χ2n) is 15.2. The number of rotatable bonds is 5. The third kappa shape index (κ3) is 5.11. The van der Waals surface area contributed by atoms with Crippen LogP contribution in [0.1, 0.15) is 22.3 Å². The Morgan fingerprint density at radius 2 is 0.895 bits per heavy atom. The molecule has 12 rings (SSSR count). The highest BCUT2D eigenvalue weighted by atomic mass is 15.0. The average Bonchev–Trinajstić information content (AvgIpc) is 3.95. The van der Waals surface area contributed by atoms with Crippen LogP contribution in [0.2, 0.25) is 0 Å². The van der Waals surface area contributed by atoms with E-state index < -0.39 is 0 Å². The Balaban J connectivity index is 0.921. The zero-order valence-corrected chi connectivity index (χ0v) is 31.0. The number of aromatic nitrogens is 4. The van der Waals surface area contributed by atoms with Crippen LogP contribution in [-0.2, 0) is 12.8 Å². The van der Waals surface area contributed by atoms with Gasteiger partial charge in [0.2, 0.25) is 0 Å². The van der Waals surface area contributed by atoms with Gasteiger partial charge in [-0.3, -0.25) is 0 Å². The summed E-state index contributed by atoms with van der Waals surface area (Å²) in [4.78, 5) is 15.2. The molecule has 4 nitrogen and oxygen atoms in total. The van der Waals surface area contributed by atoms with E-state index in [4.69, 9.17) is 15.0 Å². The van der Waals surface area contributed by atoms with Crippen LogP contribution in [0.5, 0.6) is 0 Å². The number of hydrogen-bond donors (Lipinski definition) is 0. The first-order valence-electron chi connectivity index (χ1n) is 19.6. The van der Waals surface area contributed by atoms with Crippen molar-refractivity contribution in [3.63, 3.8) is 0 Å². The lowest BCUT2D eigenvalue weighted by molar-refractivity contribution is 1.07. The topological polar surface area (TPSA) is 43.6 Å². The van der Waals surface area contributed by atoms with Crippen LogP contribution in [0.3, 0.4) is 0 Å². The SMILES string of the molecule is c1ccc(-c2nc(-c3ccccc3)nc(-c3cccc4c3-c3cc(-c5ccc6c(c5)Cc5cc(-n7c8ccccc8c8ccccc87)ccc5-6)ccc3C4)n2)cc1. The Bertz CT molecular complexity index is 3120. The fourth-order valence-electron chi connectivity index (χ4n) is 9.25. The van der Waals surface area contributed by atoms with E-state index in [0.29, 0.717) is 17.5 Å². The Labute approximate surface area is 330 Å². The van der Waals surface area contributed by atoms with Crippen LogP contribution in [-0.4, -0.2) is 19.5 Å². The summed E-state index contributed by atoms with van der Waals surface area (Å²) in [6.07, 6.45) is 1.79. The van der Waals surface area contributed by atoms with Crippen molar-refractivity contribution in [1.29, 1.82) is 0 Å². The van der Waals surface area contributed by atoms with Crippen molar-refractivity contribution in [3.05, 3.63) is 204 Å². The highest BCUT2D eigenvalue weighted by Gasteiger charge is 2.26. The molecule has 0 spiro atoms. The first-order valence-corrected chi connectivity index (χ1v) is 19.6. The Morgan fingerprint density at radius 3 is 1.60 bits per heavy atom. The molecule has 4 heteroatoms. The minimum absolute atomic E-state index is 0.672. The molecule has 0 amide bonds. The molecule has 0 radical (unpaired) electrons. The fourth-order valence-corrected chi connectivity index (χ4v) is 9.25. The molecule has 0 N–H and O–H groups in total. The Kier molecular flexibility index (Phi) is 7.02. The molecule has 0 fully saturated rings. The van der Waals surface area contributed by atoms with E-state index in [-0.39, 0.29) is 0 Å². The van der Waals surface area contributed by atoms with Gasteiger partial charge in [-0.25, -0.2) is 15.0 Å². The Hall–Kier alpha value is -7.43. The predicted octanol–water partition coefficient (Wildman–Crippen LogP) is 12.8. The fraction of sp³-hybridized carbons (Fsp3) is 0.0377. The molecule has 0 aliphatic heterocycles. The van der Waals surface area contributed by atoms with Gasteiger partial charge < -0.3 is 4.57 Å². The monoisotopic (exact) mass is 726 g/mol. The number of fused-ring (bicyclic) bond motifs is 9. The van der Waals surface area contributed by atoms with E-state index in [1.165, 1.54) is 83.1 Å². The molecule has 266 valence electrons. The molecule has 2 heterocycles. The van der Waals surface area contributed by atoms with Crippen molar-refractivity contribution in [2.75, 3.05) is 0 Å².